The standard InChI is InChI=1S/C14H19NO4/c1-9-7-10(2)14(11(8-9)19-3)15-12(16)5-4-6-13(17)18/h7-8H,4-6H2,1-3H3,(H,15,16)(H,17,18). The van der Waals surface area contributed by atoms with Crippen LogP contribution < -0.4 is 10.1 Å². The molecule has 104 valence electrons. The number of hydrogen-bond acceptors (Lipinski definition) is 3. The molecule has 1 aromatic rings. The van der Waals surface area contributed by atoms with Gasteiger partial charge >= 0.3 is 5.97 Å². The summed E-state index contributed by atoms with van der Waals surface area (Å²) in [5, 5.41) is 11.3. The van der Waals surface area contributed by atoms with Crippen LogP contribution in [0.2, 0.25) is 0 Å². The number of carbonyl (C=O) groups is 2. The van der Waals surface area contributed by atoms with E-state index in [0.717, 1.165) is 11.1 Å². The van der Waals surface area contributed by atoms with E-state index in [-0.39, 0.29) is 18.7 Å². The first-order valence-electron chi connectivity index (χ1n) is 6.11. The van der Waals surface area contributed by atoms with Crippen LogP contribution in [0, 0.1) is 13.8 Å². The molecule has 0 saturated heterocycles. The fraction of sp³-hybridized carbons (Fsp3) is 0.429. The number of aliphatic carboxylic acids is 1. The van der Waals surface area contributed by atoms with Crippen LogP contribution in [0.1, 0.15) is 30.4 Å². The van der Waals surface area contributed by atoms with Crippen LogP contribution in [0.3, 0.4) is 0 Å². The molecule has 0 unspecified atom stereocenters. The van der Waals surface area contributed by atoms with Gasteiger partial charge in [-0.1, -0.05) is 6.07 Å². The first-order valence-corrected chi connectivity index (χ1v) is 6.11. The topological polar surface area (TPSA) is 75.6 Å². The quantitative estimate of drug-likeness (QED) is 0.828. The number of carboxylic acids is 1. The second-order valence-corrected chi connectivity index (χ2v) is 4.45. The third-order valence-corrected chi connectivity index (χ3v) is 2.72. The molecular weight excluding hydrogens is 246 g/mol. The highest BCUT2D eigenvalue weighted by atomic mass is 16.5. The number of anilines is 1. The van der Waals surface area contributed by atoms with E-state index in [2.05, 4.69) is 5.32 Å². The summed E-state index contributed by atoms with van der Waals surface area (Å²) in [5.74, 6) is -0.479. The molecule has 0 aliphatic heterocycles. The first kappa shape index (κ1) is 15.0. The lowest BCUT2D eigenvalue weighted by Gasteiger charge is -2.14. The maximum atomic E-state index is 11.7. The van der Waals surface area contributed by atoms with Gasteiger partial charge in [0.15, 0.2) is 0 Å². The van der Waals surface area contributed by atoms with Crippen LogP contribution in [0.5, 0.6) is 5.75 Å². The van der Waals surface area contributed by atoms with Gasteiger partial charge in [-0.25, -0.2) is 0 Å². The summed E-state index contributed by atoms with van der Waals surface area (Å²) < 4.78 is 5.24. The van der Waals surface area contributed by atoms with E-state index < -0.39 is 5.97 Å². The molecule has 1 amide bonds. The summed E-state index contributed by atoms with van der Waals surface area (Å²) in [4.78, 5) is 22.1. The van der Waals surface area contributed by atoms with E-state index in [0.29, 0.717) is 17.9 Å². The highest BCUT2D eigenvalue weighted by Crippen LogP contribution is 2.29. The Morgan fingerprint density at radius 1 is 1.26 bits per heavy atom. The average molecular weight is 265 g/mol. The molecule has 1 aromatic carbocycles. The minimum Gasteiger partial charge on any atom is -0.495 e. The van der Waals surface area contributed by atoms with E-state index in [9.17, 15) is 9.59 Å². The van der Waals surface area contributed by atoms with Gasteiger partial charge in [-0.05, 0) is 37.5 Å². The third kappa shape index (κ3) is 4.62. The molecule has 0 aliphatic rings. The number of ether oxygens (including phenoxy) is 1. The Labute approximate surface area is 112 Å². The number of carboxylic acid groups (broad SMARTS) is 1. The van der Waals surface area contributed by atoms with Crippen LogP contribution in [-0.4, -0.2) is 24.1 Å². The minimum atomic E-state index is -0.892. The largest absolute Gasteiger partial charge is 0.495 e. The molecule has 0 aromatic heterocycles. The second-order valence-electron chi connectivity index (χ2n) is 4.45. The zero-order valence-corrected chi connectivity index (χ0v) is 11.4. The molecule has 19 heavy (non-hydrogen) atoms. The second kappa shape index (κ2) is 6.78. The summed E-state index contributed by atoms with van der Waals surface area (Å²) in [6.07, 6.45) is 0.509. The van der Waals surface area contributed by atoms with E-state index in [1.807, 2.05) is 26.0 Å². The molecule has 1 rings (SSSR count). The number of carbonyl (C=O) groups excluding carboxylic acids is 1. The predicted molar refractivity (Wildman–Crippen MR) is 72.6 cm³/mol. The van der Waals surface area contributed by atoms with Crippen molar-refractivity contribution in [3.63, 3.8) is 0 Å². The van der Waals surface area contributed by atoms with Gasteiger partial charge < -0.3 is 15.2 Å². The number of aryl methyl sites for hydroxylation is 2. The number of methoxy groups -OCH3 is 1. The van der Waals surface area contributed by atoms with Gasteiger partial charge in [-0.15, -0.1) is 0 Å². The molecule has 0 aliphatic carbocycles. The van der Waals surface area contributed by atoms with Crippen molar-refractivity contribution in [3.8, 4) is 5.75 Å². The van der Waals surface area contributed by atoms with Crippen LogP contribution in [0.4, 0.5) is 5.69 Å². The zero-order chi connectivity index (χ0) is 14.4. The molecule has 5 heteroatoms. The van der Waals surface area contributed by atoms with E-state index in [1.165, 1.54) is 0 Å². The van der Waals surface area contributed by atoms with Crippen LogP contribution in [0.25, 0.3) is 0 Å². The Hall–Kier alpha value is -2.04. The fourth-order valence-electron chi connectivity index (χ4n) is 1.85. The molecular formula is C14H19NO4. The lowest BCUT2D eigenvalue weighted by Crippen LogP contribution is -2.13. The molecule has 0 bridgehead atoms. The molecule has 5 nitrogen and oxygen atoms in total. The maximum absolute atomic E-state index is 11.7. The first-order chi connectivity index (χ1) is 8.93. The van der Waals surface area contributed by atoms with Crippen molar-refractivity contribution in [2.24, 2.45) is 0 Å². The smallest absolute Gasteiger partial charge is 0.303 e. The Morgan fingerprint density at radius 3 is 2.53 bits per heavy atom. The maximum Gasteiger partial charge on any atom is 0.303 e. The highest BCUT2D eigenvalue weighted by molar-refractivity contribution is 5.93. The van der Waals surface area contributed by atoms with E-state index in [1.54, 1.807) is 7.11 Å². The fourth-order valence-corrected chi connectivity index (χ4v) is 1.85. The predicted octanol–water partition coefficient (Wildman–Crippen LogP) is 2.51. The lowest BCUT2D eigenvalue weighted by molar-refractivity contribution is -0.137. The summed E-state index contributed by atoms with van der Waals surface area (Å²) in [6.45, 7) is 3.84. The van der Waals surface area contributed by atoms with Gasteiger partial charge in [0.05, 0.1) is 12.8 Å². The Bertz CT molecular complexity index is 483. The lowest BCUT2D eigenvalue weighted by atomic mass is 10.1. The normalized spacial score (nSPS) is 10.1. The van der Waals surface area contributed by atoms with Crippen molar-refractivity contribution in [2.45, 2.75) is 33.1 Å². The van der Waals surface area contributed by atoms with E-state index >= 15 is 0 Å². The monoisotopic (exact) mass is 265 g/mol. The molecule has 0 fully saturated rings. The number of amides is 1. The summed E-state index contributed by atoms with van der Waals surface area (Å²) in [7, 11) is 1.55. The molecule has 2 N–H and O–H groups in total. The molecule has 0 saturated carbocycles. The molecule has 0 spiro atoms. The van der Waals surface area contributed by atoms with Gasteiger partial charge in [0.25, 0.3) is 0 Å². The van der Waals surface area contributed by atoms with Crippen molar-refractivity contribution in [3.05, 3.63) is 23.3 Å². The number of hydrogen-bond donors (Lipinski definition) is 2. The van der Waals surface area contributed by atoms with Crippen molar-refractivity contribution >= 4 is 17.6 Å². The van der Waals surface area contributed by atoms with Crippen LogP contribution >= 0.6 is 0 Å². The third-order valence-electron chi connectivity index (χ3n) is 2.72. The molecule has 0 heterocycles. The van der Waals surface area contributed by atoms with Crippen molar-refractivity contribution < 1.29 is 19.4 Å². The average Bonchev–Trinajstić information content (AvgIpc) is 2.31. The van der Waals surface area contributed by atoms with Gasteiger partial charge in [-0.2, -0.15) is 0 Å². The Balaban J connectivity index is 2.71. The summed E-state index contributed by atoms with van der Waals surface area (Å²) >= 11 is 0. The van der Waals surface area contributed by atoms with Gasteiger partial charge in [0, 0.05) is 12.8 Å². The van der Waals surface area contributed by atoms with Gasteiger partial charge in [0.1, 0.15) is 5.75 Å². The van der Waals surface area contributed by atoms with E-state index in [4.69, 9.17) is 9.84 Å². The number of nitrogens with one attached hydrogen (secondary N) is 1. The molecule has 0 atom stereocenters. The zero-order valence-electron chi connectivity index (χ0n) is 11.4. The van der Waals surface area contributed by atoms with Crippen molar-refractivity contribution in [2.75, 3.05) is 12.4 Å². The Kier molecular flexibility index (Phi) is 5.36. The van der Waals surface area contributed by atoms with Crippen molar-refractivity contribution in [1.29, 1.82) is 0 Å². The van der Waals surface area contributed by atoms with Gasteiger partial charge in [-0.3, -0.25) is 9.59 Å². The summed E-state index contributed by atoms with van der Waals surface area (Å²) in [6, 6.07) is 3.80. The Morgan fingerprint density at radius 2 is 1.95 bits per heavy atom. The number of rotatable bonds is 6. The SMILES string of the molecule is COc1cc(C)cc(C)c1NC(=O)CCCC(=O)O. The van der Waals surface area contributed by atoms with Crippen LogP contribution in [0.15, 0.2) is 12.1 Å². The summed E-state index contributed by atoms with van der Waals surface area (Å²) in [5.41, 5.74) is 2.62. The number of benzene rings is 1. The molecule has 0 radical (unpaired) electrons. The highest BCUT2D eigenvalue weighted by Gasteiger charge is 2.11. The van der Waals surface area contributed by atoms with Crippen LogP contribution in [-0.2, 0) is 9.59 Å². The van der Waals surface area contributed by atoms with Crippen molar-refractivity contribution in [1.82, 2.24) is 0 Å². The minimum absolute atomic E-state index is 0.00254. The van der Waals surface area contributed by atoms with Gasteiger partial charge in [0.2, 0.25) is 5.91 Å².